The van der Waals surface area contributed by atoms with Crippen LogP contribution in [0.5, 0.6) is 0 Å². The summed E-state index contributed by atoms with van der Waals surface area (Å²) < 4.78 is 26.0. The maximum absolute atomic E-state index is 13.1. The Balaban J connectivity index is 2.04. The average Bonchev–Trinajstić information content (AvgIpc) is 2.41. The minimum absolute atomic E-state index is 0.220. The van der Waals surface area contributed by atoms with Gasteiger partial charge in [0, 0.05) is 17.4 Å². The highest BCUT2D eigenvalue weighted by Gasteiger charge is 2.14. The van der Waals surface area contributed by atoms with E-state index in [-0.39, 0.29) is 11.6 Å². The summed E-state index contributed by atoms with van der Waals surface area (Å²) in [6, 6.07) is 8.65. The molecule has 22 heavy (non-hydrogen) atoms. The number of benzene rings is 2. The summed E-state index contributed by atoms with van der Waals surface area (Å²) in [4.78, 5) is 12.1. The standard InChI is InChI=1S/C17H18F2N2O/c1-10-6-11(2)8-14(7-10)20-12(3)17(22)21-13-4-5-15(18)16(19)9-13/h4-9,12,20H,1-3H3,(H,21,22). The molecular formula is C17H18F2N2O. The van der Waals surface area contributed by atoms with Gasteiger partial charge in [0.05, 0.1) is 0 Å². The highest BCUT2D eigenvalue weighted by Crippen LogP contribution is 2.16. The lowest BCUT2D eigenvalue weighted by Gasteiger charge is -2.16. The molecular weight excluding hydrogens is 286 g/mol. The fourth-order valence-electron chi connectivity index (χ4n) is 2.20. The van der Waals surface area contributed by atoms with Gasteiger partial charge in [0.25, 0.3) is 0 Å². The zero-order valence-electron chi connectivity index (χ0n) is 12.7. The van der Waals surface area contributed by atoms with E-state index in [0.29, 0.717) is 0 Å². The van der Waals surface area contributed by atoms with Gasteiger partial charge in [0.15, 0.2) is 11.6 Å². The van der Waals surface area contributed by atoms with Crippen LogP contribution < -0.4 is 10.6 Å². The molecule has 0 aliphatic heterocycles. The van der Waals surface area contributed by atoms with Gasteiger partial charge in [-0.25, -0.2) is 8.78 Å². The molecule has 116 valence electrons. The molecule has 3 nitrogen and oxygen atoms in total. The van der Waals surface area contributed by atoms with Crippen LogP contribution in [0.4, 0.5) is 20.2 Å². The molecule has 1 atom stereocenters. The van der Waals surface area contributed by atoms with E-state index in [4.69, 9.17) is 0 Å². The number of rotatable bonds is 4. The van der Waals surface area contributed by atoms with Gasteiger partial charge in [0.1, 0.15) is 6.04 Å². The third-order valence-corrected chi connectivity index (χ3v) is 3.19. The normalized spacial score (nSPS) is 11.9. The van der Waals surface area contributed by atoms with Crippen molar-refractivity contribution in [2.45, 2.75) is 26.8 Å². The molecule has 5 heteroatoms. The lowest BCUT2D eigenvalue weighted by molar-refractivity contribution is -0.116. The Morgan fingerprint density at radius 1 is 0.955 bits per heavy atom. The predicted octanol–water partition coefficient (Wildman–Crippen LogP) is 4.02. The van der Waals surface area contributed by atoms with E-state index < -0.39 is 17.7 Å². The summed E-state index contributed by atoms with van der Waals surface area (Å²) in [6.07, 6.45) is 0. The second-order valence-corrected chi connectivity index (χ2v) is 5.36. The molecule has 0 heterocycles. The molecule has 0 spiro atoms. The van der Waals surface area contributed by atoms with Crippen LogP contribution in [0.15, 0.2) is 36.4 Å². The number of carbonyl (C=O) groups excluding carboxylic acids is 1. The van der Waals surface area contributed by atoms with Crippen LogP contribution in [0.25, 0.3) is 0 Å². The van der Waals surface area contributed by atoms with Crippen LogP contribution in [-0.2, 0) is 4.79 Å². The third kappa shape index (κ3) is 4.04. The SMILES string of the molecule is Cc1cc(C)cc(NC(C)C(=O)Nc2ccc(F)c(F)c2)c1. The Labute approximate surface area is 128 Å². The smallest absolute Gasteiger partial charge is 0.246 e. The van der Waals surface area contributed by atoms with Gasteiger partial charge >= 0.3 is 0 Å². The number of aryl methyl sites for hydroxylation is 2. The predicted molar refractivity (Wildman–Crippen MR) is 84.0 cm³/mol. The number of anilines is 2. The van der Waals surface area contributed by atoms with Crippen LogP contribution in [0.1, 0.15) is 18.1 Å². The summed E-state index contributed by atoms with van der Waals surface area (Å²) in [5, 5.41) is 5.64. The van der Waals surface area contributed by atoms with Crippen molar-refractivity contribution in [1.29, 1.82) is 0 Å². The number of halogens is 2. The van der Waals surface area contributed by atoms with Crippen LogP contribution in [0, 0.1) is 25.5 Å². The number of nitrogens with one attached hydrogen (secondary N) is 2. The van der Waals surface area contributed by atoms with Gasteiger partial charge in [-0.2, -0.15) is 0 Å². The van der Waals surface area contributed by atoms with Gasteiger partial charge in [-0.05, 0) is 56.2 Å². The Hall–Kier alpha value is -2.43. The molecule has 0 bridgehead atoms. The maximum Gasteiger partial charge on any atom is 0.246 e. The molecule has 0 aromatic heterocycles. The monoisotopic (exact) mass is 304 g/mol. The molecule has 1 amide bonds. The molecule has 2 N–H and O–H groups in total. The fraction of sp³-hybridized carbons (Fsp3) is 0.235. The number of carbonyl (C=O) groups is 1. The second-order valence-electron chi connectivity index (χ2n) is 5.36. The summed E-state index contributed by atoms with van der Waals surface area (Å²) in [6.45, 7) is 5.65. The van der Waals surface area contributed by atoms with E-state index in [0.717, 1.165) is 28.9 Å². The van der Waals surface area contributed by atoms with Crippen LogP contribution in [0.3, 0.4) is 0 Å². The first-order valence-electron chi connectivity index (χ1n) is 6.96. The fourth-order valence-corrected chi connectivity index (χ4v) is 2.20. The Kier molecular flexibility index (Phi) is 4.75. The van der Waals surface area contributed by atoms with Gasteiger partial charge < -0.3 is 10.6 Å². The van der Waals surface area contributed by atoms with Crippen LogP contribution in [-0.4, -0.2) is 11.9 Å². The van der Waals surface area contributed by atoms with Gasteiger partial charge in [-0.1, -0.05) is 6.07 Å². The molecule has 1 unspecified atom stereocenters. The summed E-state index contributed by atoms with van der Waals surface area (Å²) in [7, 11) is 0. The number of hydrogen-bond donors (Lipinski definition) is 2. The topological polar surface area (TPSA) is 41.1 Å². The van der Waals surface area contributed by atoms with E-state index in [1.165, 1.54) is 6.07 Å². The minimum atomic E-state index is -0.993. The summed E-state index contributed by atoms with van der Waals surface area (Å²) in [5.41, 5.74) is 3.25. The van der Waals surface area contributed by atoms with E-state index in [1.807, 2.05) is 32.0 Å². The van der Waals surface area contributed by atoms with Gasteiger partial charge in [-0.3, -0.25) is 4.79 Å². The zero-order chi connectivity index (χ0) is 16.3. The third-order valence-electron chi connectivity index (χ3n) is 3.19. The molecule has 2 rings (SSSR count). The maximum atomic E-state index is 13.1. The summed E-state index contributed by atoms with van der Waals surface area (Å²) in [5.74, 6) is -2.27. The molecule has 0 saturated carbocycles. The molecule has 0 aliphatic rings. The lowest BCUT2D eigenvalue weighted by atomic mass is 10.1. The lowest BCUT2D eigenvalue weighted by Crippen LogP contribution is -2.31. The van der Waals surface area contributed by atoms with E-state index in [2.05, 4.69) is 10.6 Å². The van der Waals surface area contributed by atoms with Crippen molar-refractivity contribution in [3.8, 4) is 0 Å². The van der Waals surface area contributed by atoms with Crippen molar-refractivity contribution in [1.82, 2.24) is 0 Å². The van der Waals surface area contributed by atoms with E-state index in [9.17, 15) is 13.6 Å². The summed E-state index contributed by atoms with van der Waals surface area (Å²) >= 11 is 0. The Morgan fingerprint density at radius 2 is 1.59 bits per heavy atom. The Bertz CT molecular complexity index is 681. The highest BCUT2D eigenvalue weighted by molar-refractivity contribution is 5.96. The first-order chi connectivity index (χ1) is 10.3. The molecule has 0 fully saturated rings. The largest absolute Gasteiger partial charge is 0.374 e. The minimum Gasteiger partial charge on any atom is -0.374 e. The van der Waals surface area contributed by atoms with Crippen molar-refractivity contribution in [3.63, 3.8) is 0 Å². The van der Waals surface area contributed by atoms with E-state index in [1.54, 1.807) is 6.92 Å². The number of hydrogen-bond acceptors (Lipinski definition) is 2. The average molecular weight is 304 g/mol. The zero-order valence-corrected chi connectivity index (χ0v) is 12.7. The van der Waals surface area contributed by atoms with Crippen LogP contribution in [0.2, 0.25) is 0 Å². The van der Waals surface area contributed by atoms with Crippen molar-refractivity contribution in [2.75, 3.05) is 10.6 Å². The quantitative estimate of drug-likeness (QED) is 0.895. The number of amides is 1. The Morgan fingerprint density at radius 3 is 2.18 bits per heavy atom. The molecule has 0 aliphatic carbocycles. The second kappa shape index (κ2) is 6.56. The molecule has 2 aromatic rings. The van der Waals surface area contributed by atoms with Crippen LogP contribution >= 0.6 is 0 Å². The first kappa shape index (κ1) is 15.9. The van der Waals surface area contributed by atoms with Gasteiger partial charge in [0.2, 0.25) is 5.91 Å². The molecule has 2 aromatic carbocycles. The van der Waals surface area contributed by atoms with Gasteiger partial charge in [-0.15, -0.1) is 0 Å². The van der Waals surface area contributed by atoms with Crippen molar-refractivity contribution < 1.29 is 13.6 Å². The van der Waals surface area contributed by atoms with E-state index >= 15 is 0 Å². The van der Waals surface area contributed by atoms with Crippen molar-refractivity contribution in [2.24, 2.45) is 0 Å². The first-order valence-corrected chi connectivity index (χ1v) is 6.96. The molecule has 0 saturated heterocycles. The van der Waals surface area contributed by atoms with Crippen molar-refractivity contribution >= 4 is 17.3 Å². The van der Waals surface area contributed by atoms with Crippen molar-refractivity contribution in [3.05, 3.63) is 59.2 Å². The highest BCUT2D eigenvalue weighted by atomic mass is 19.2. The molecule has 0 radical (unpaired) electrons.